The minimum atomic E-state index is -0.462. The Hall–Kier alpha value is -6.21. The molecule has 10 atom stereocenters. The molecule has 117 heavy (non-hydrogen) atoms. The van der Waals surface area contributed by atoms with Crippen molar-refractivity contribution in [3.05, 3.63) is 262 Å². The number of aromatic nitrogens is 3. The van der Waals surface area contributed by atoms with Crippen LogP contribution in [0.25, 0.3) is 0 Å². The molecule has 639 valence electrons. The zero-order chi connectivity index (χ0) is 84.1. The average Bonchev–Trinajstić information content (AvgIpc) is 1.14. The van der Waals surface area contributed by atoms with Crippen LogP contribution in [0.1, 0.15) is 265 Å². The standard InChI is InChI=1S/C106H152N5O5.Gd/c1-69(2)30-44-96(75(13)14)91-40-36-89(95(74(11)12)49-35-80(20)112)37-41-92(97(76(15)16)45-31-70(3)4)66-86-60-82(59-85(63-86)65-91)26-22-24-28-101-109-102(111-106(110-101)108-51-53-116-55-54-115-52-50-107-103-81(21)104(113)105(103)114)29-25-23-27-83-61-87-64-88(62-83)68-94-43-39-90-38-42-93(67-87)99(47-33-72(7)8)78(18)57-84(56-77(17)98(90)46-32-71(5)6)58-79(19)100(94)48-34-73(9)10;/h59-64,84,89-100,107H,1,3,5,7,9,11-19,22-58,65-68H2,2,4,6,8,10,20-21H3,(H,108,109,110,111);/q-3;+3. The Kier molecular flexibility index (Phi) is 41.5. The van der Waals surface area contributed by atoms with E-state index >= 15 is 0 Å². The van der Waals surface area contributed by atoms with Crippen molar-refractivity contribution >= 4 is 17.4 Å². The van der Waals surface area contributed by atoms with Crippen LogP contribution in [0.2, 0.25) is 0 Å². The topological polar surface area (TPSA) is 132 Å². The minimum Gasteiger partial charge on any atom is -0.379 e. The van der Waals surface area contributed by atoms with Gasteiger partial charge >= 0.3 is 39.9 Å². The van der Waals surface area contributed by atoms with E-state index in [0.29, 0.717) is 122 Å². The van der Waals surface area contributed by atoms with E-state index in [1.54, 1.807) is 13.8 Å². The van der Waals surface area contributed by atoms with E-state index in [9.17, 15) is 14.4 Å². The third-order valence-corrected chi connectivity index (χ3v) is 26.8. The molecular formula is C106H152GdN5O5. The maximum Gasteiger partial charge on any atom is 3.00 e. The van der Waals surface area contributed by atoms with Crippen LogP contribution >= 0.6 is 0 Å². The Morgan fingerprint density at radius 2 is 0.795 bits per heavy atom. The molecular weight excluding hydrogens is 1580 g/mol. The summed E-state index contributed by atoms with van der Waals surface area (Å²) in [5.41, 5.74) is 21.9. The molecule has 2 fully saturated rings. The predicted molar refractivity (Wildman–Crippen MR) is 493 cm³/mol. The molecule has 8 rings (SSSR count). The summed E-state index contributed by atoms with van der Waals surface area (Å²) in [5, 5.41) is 6.55. The van der Waals surface area contributed by atoms with Gasteiger partial charge in [-0.2, -0.15) is 9.97 Å². The quantitative estimate of drug-likeness (QED) is 0.0191. The fourth-order valence-corrected chi connectivity index (χ4v) is 20.5. The first-order chi connectivity index (χ1) is 55.4. The van der Waals surface area contributed by atoms with Crippen LogP contribution in [-0.2, 0) is 65.6 Å². The van der Waals surface area contributed by atoms with Crippen molar-refractivity contribution < 1.29 is 54.2 Å². The normalized spacial score (nSPS) is 22.1. The number of rotatable bonds is 45. The van der Waals surface area contributed by atoms with Gasteiger partial charge in [0.1, 0.15) is 17.4 Å². The second-order valence-corrected chi connectivity index (χ2v) is 37.4. The number of benzene rings is 2. The predicted octanol–water partition coefficient (Wildman–Crippen LogP) is 25.0. The van der Waals surface area contributed by atoms with E-state index in [4.69, 9.17) is 44.2 Å². The van der Waals surface area contributed by atoms with Crippen molar-refractivity contribution in [1.29, 1.82) is 0 Å². The van der Waals surface area contributed by atoms with Crippen molar-refractivity contribution in [2.45, 2.75) is 273 Å². The van der Waals surface area contributed by atoms with Gasteiger partial charge in [-0.25, -0.2) is 62.2 Å². The number of hydrogen-bond acceptors (Lipinski definition) is 10. The summed E-state index contributed by atoms with van der Waals surface area (Å²) in [4.78, 5) is 51.7. The zero-order valence-electron chi connectivity index (χ0n) is 74.1. The van der Waals surface area contributed by atoms with E-state index in [1.165, 1.54) is 104 Å². The molecule has 0 saturated heterocycles. The smallest absolute Gasteiger partial charge is 0.379 e. The van der Waals surface area contributed by atoms with Crippen molar-refractivity contribution in [3.8, 4) is 0 Å². The number of carbonyl (C=O) groups is 1. The average molecular weight is 1730 g/mol. The molecule has 4 aromatic rings. The molecule has 1 radical (unpaired) electrons. The molecule has 2 N–H and O–H groups in total. The molecule has 4 aliphatic rings. The minimum absolute atomic E-state index is 0. The molecule has 0 aliphatic heterocycles. The molecule has 3 aromatic carbocycles. The van der Waals surface area contributed by atoms with E-state index in [2.05, 4.69) is 155 Å². The summed E-state index contributed by atoms with van der Waals surface area (Å²) in [5.74, 6) is 7.32. The van der Waals surface area contributed by atoms with Crippen LogP contribution in [0.3, 0.4) is 0 Å². The molecule has 4 aliphatic carbocycles. The van der Waals surface area contributed by atoms with Crippen molar-refractivity contribution in [2.75, 3.05) is 50.2 Å². The van der Waals surface area contributed by atoms with Crippen molar-refractivity contribution in [2.24, 2.45) is 76.9 Å². The molecule has 10 nitrogen and oxygen atoms in total. The summed E-state index contributed by atoms with van der Waals surface area (Å²) in [6.07, 6.45) is 34.7. The van der Waals surface area contributed by atoms with Gasteiger partial charge in [-0.15, -0.1) is 32.9 Å². The largest absolute Gasteiger partial charge is 3.00 e. The van der Waals surface area contributed by atoms with E-state index < -0.39 is 10.9 Å². The van der Waals surface area contributed by atoms with Gasteiger partial charge in [0, 0.05) is 37.9 Å². The molecule has 1 heterocycles. The van der Waals surface area contributed by atoms with Gasteiger partial charge in [0.2, 0.25) is 16.8 Å². The first kappa shape index (κ1) is 97.9. The molecule has 1 aromatic heterocycles. The Morgan fingerprint density at radius 3 is 1.19 bits per heavy atom. The van der Waals surface area contributed by atoms with E-state index in [-0.39, 0.29) is 63.5 Å². The first-order valence-electron chi connectivity index (χ1n) is 45.0. The summed E-state index contributed by atoms with van der Waals surface area (Å²) >= 11 is 0. The molecule has 11 heteroatoms. The molecule has 10 unspecified atom stereocenters. The van der Waals surface area contributed by atoms with Crippen molar-refractivity contribution in [3.63, 3.8) is 0 Å². The number of aryl methyl sites for hydroxylation is 4. The number of unbranched alkanes of at least 4 members (excludes halogenated alkanes) is 2. The van der Waals surface area contributed by atoms with Gasteiger partial charge in [-0.05, 0) is 364 Å². The number of carbonyl (C=O) groups excluding carboxylic acids is 1. The van der Waals surface area contributed by atoms with Crippen LogP contribution < -0.4 is 21.5 Å². The third kappa shape index (κ3) is 32.3. The molecule has 2 saturated carbocycles. The Morgan fingerprint density at radius 1 is 0.436 bits per heavy atom. The van der Waals surface area contributed by atoms with Gasteiger partial charge in [-0.1, -0.05) is 101 Å². The Labute approximate surface area is 742 Å². The Balaban J connectivity index is 0.0000189. The number of fused-ring (bicyclic) bond motifs is 11. The number of ether oxygens (including phenoxy) is 2. The van der Waals surface area contributed by atoms with Gasteiger partial charge in [0.15, 0.2) is 0 Å². The van der Waals surface area contributed by atoms with E-state index in [0.717, 1.165) is 221 Å². The summed E-state index contributed by atoms with van der Waals surface area (Å²) in [7, 11) is 0. The molecule has 0 amide bonds. The van der Waals surface area contributed by atoms with Crippen molar-refractivity contribution in [1.82, 2.24) is 15.0 Å². The molecule has 8 bridgehead atoms. The molecule has 0 spiro atoms. The first-order valence-corrected chi connectivity index (χ1v) is 45.0. The summed E-state index contributed by atoms with van der Waals surface area (Å²) in [6, 6.07) is 15.3. The van der Waals surface area contributed by atoms with Crippen LogP contribution in [0.5, 0.6) is 0 Å². The van der Waals surface area contributed by atoms with Crippen LogP contribution in [0, 0.1) is 145 Å². The van der Waals surface area contributed by atoms with Crippen LogP contribution in [-0.4, -0.2) is 60.3 Å². The SMILES string of the molecule is C=C(C)CCC(C(=C)[CH2-])C1CCC(C(CCC(C)=O)C(=C)[CH2-])CCC(C(CCC(=C)C)C(=C)[CH2-])Cc2cc(CCCCc3nc(CCCCc4cc5cc(c4)CC4CCC6CCC(C5)C(CCC(=C)C)C(=C)CC(CC(=C)C6CCC(=C)C)CC(=C)C4CCC(=C)C)nc(NCCOCCOCCNc4c(C)c(=O)c4=O)n3)cc(c2)C1.[Gd+3]. The monoisotopic (exact) mass is 1730 g/mol. The summed E-state index contributed by atoms with van der Waals surface area (Å²) < 4.78 is 11.8. The number of anilines is 2. The fourth-order valence-electron chi connectivity index (χ4n) is 20.5. The van der Waals surface area contributed by atoms with Gasteiger partial charge in [-0.3, -0.25) is 9.59 Å². The maximum atomic E-state index is 12.6. The van der Waals surface area contributed by atoms with Crippen LogP contribution in [0.15, 0.2) is 180 Å². The second kappa shape index (κ2) is 49.6. The van der Waals surface area contributed by atoms with Crippen LogP contribution in [0.4, 0.5) is 11.6 Å². The number of nitrogens with zero attached hydrogens (tertiary/aromatic N) is 3. The second-order valence-electron chi connectivity index (χ2n) is 37.4. The maximum absolute atomic E-state index is 12.6. The number of nitrogens with one attached hydrogen (secondary N) is 2. The van der Waals surface area contributed by atoms with Gasteiger partial charge in [0.25, 0.3) is 0 Å². The zero-order valence-corrected chi connectivity index (χ0v) is 76.4. The fraction of sp³-hybridized carbons (Fsp3) is 0.575. The Bertz CT molecular complexity index is 3980. The van der Waals surface area contributed by atoms with Gasteiger partial charge in [0.05, 0.1) is 32.1 Å². The van der Waals surface area contributed by atoms with E-state index in [1.807, 2.05) is 0 Å². The summed E-state index contributed by atoms with van der Waals surface area (Å²) in [6.45, 7) is 81.2. The van der Waals surface area contributed by atoms with Gasteiger partial charge < -0.3 is 24.9 Å². The number of Topliss-reactive ketones (excluding diaryl/α,β-unsaturated/α-hetero) is 1. The number of allylic oxidation sites excluding steroid dienone is 11. The number of hydrogen-bond donors (Lipinski definition) is 2. The third-order valence-electron chi connectivity index (χ3n) is 26.8. The number of ketones is 1.